The number of furan rings is 1. The van der Waals surface area contributed by atoms with E-state index < -0.39 is 6.08 Å². The highest BCUT2D eigenvalue weighted by Crippen LogP contribution is 2.31. The zero-order valence-corrected chi connectivity index (χ0v) is 8.78. The molecule has 0 saturated carbocycles. The predicted octanol–water partition coefficient (Wildman–Crippen LogP) is 4.82. The Labute approximate surface area is 96.0 Å². The number of fused-ring (bicyclic) bond motifs is 3. The van der Waals surface area contributed by atoms with E-state index in [0.717, 1.165) is 16.8 Å². The van der Waals surface area contributed by atoms with Gasteiger partial charge in [-0.1, -0.05) is 36.4 Å². The molecule has 17 heavy (non-hydrogen) atoms. The van der Waals surface area contributed by atoms with E-state index in [2.05, 4.69) is 0 Å². The summed E-state index contributed by atoms with van der Waals surface area (Å²) in [5, 5.41) is 1.80. The minimum atomic E-state index is -1.72. The van der Waals surface area contributed by atoms with Crippen LogP contribution in [0.5, 0.6) is 0 Å². The average molecular weight is 230 g/mol. The summed E-state index contributed by atoms with van der Waals surface area (Å²) in [6.45, 7) is 0. The van der Waals surface area contributed by atoms with Gasteiger partial charge in [0.25, 0.3) is 6.08 Å². The second-order valence-electron chi connectivity index (χ2n) is 3.76. The molecule has 0 saturated heterocycles. The maximum Gasteiger partial charge on any atom is 0.271 e. The molecule has 0 atom stereocenters. The fourth-order valence-electron chi connectivity index (χ4n) is 2.00. The minimum absolute atomic E-state index is 0.402. The van der Waals surface area contributed by atoms with E-state index in [4.69, 9.17) is 4.42 Å². The van der Waals surface area contributed by atoms with Crippen LogP contribution in [0.3, 0.4) is 0 Å². The van der Waals surface area contributed by atoms with Crippen molar-refractivity contribution >= 4 is 28.0 Å². The third-order valence-electron chi connectivity index (χ3n) is 2.70. The van der Waals surface area contributed by atoms with Gasteiger partial charge in [0.05, 0.1) is 0 Å². The lowest BCUT2D eigenvalue weighted by atomic mass is 10.1. The molecule has 0 amide bonds. The topological polar surface area (TPSA) is 13.1 Å². The quantitative estimate of drug-likeness (QED) is 0.584. The zero-order chi connectivity index (χ0) is 11.8. The molecule has 0 aliphatic carbocycles. The number of rotatable bonds is 1. The minimum Gasteiger partial charge on any atom is -0.455 e. The van der Waals surface area contributed by atoms with Crippen LogP contribution in [0.25, 0.3) is 28.0 Å². The maximum absolute atomic E-state index is 12.3. The smallest absolute Gasteiger partial charge is 0.271 e. The summed E-state index contributed by atoms with van der Waals surface area (Å²) in [7, 11) is 0. The Balaban J connectivity index is 2.43. The van der Waals surface area contributed by atoms with Crippen LogP contribution in [0.1, 0.15) is 5.56 Å². The first-order valence-electron chi connectivity index (χ1n) is 5.18. The second kappa shape index (κ2) is 3.70. The summed E-state index contributed by atoms with van der Waals surface area (Å²) < 4.78 is 30.3. The standard InChI is InChI=1S/C14H8F2O/c15-13(16)8-9-4-3-6-11-10-5-1-2-7-12(10)17-14(9)11/h1-8H. The van der Waals surface area contributed by atoms with Gasteiger partial charge in [0.1, 0.15) is 11.2 Å². The molecule has 0 fully saturated rings. The summed E-state index contributed by atoms with van der Waals surface area (Å²) in [5.41, 5.74) is 1.61. The molecule has 3 aromatic rings. The lowest BCUT2D eigenvalue weighted by Gasteiger charge is -1.93. The Kier molecular flexibility index (Phi) is 2.18. The molecule has 1 nitrogen and oxygen atoms in total. The van der Waals surface area contributed by atoms with Gasteiger partial charge in [0.15, 0.2) is 0 Å². The summed E-state index contributed by atoms with van der Waals surface area (Å²) in [6.07, 6.45) is -0.900. The summed E-state index contributed by atoms with van der Waals surface area (Å²) in [5.74, 6) is 0. The van der Waals surface area contributed by atoms with Crippen molar-refractivity contribution in [3.63, 3.8) is 0 Å². The Bertz CT molecular complexity index is 721. The van der Waals surface area contributed by atoms with Crippen LogP contribution in [0, 0.1) is 0 Å². The first-order valence-corrected chi connectivity index (χ1v) is 5.18. The lowest BCUT2D eigenvalue weighted by molar-refractivity contribution is 0.429. The van der Waals surface area contributed by atoms with E-state index >= 15 is 0 Å². The third kappa shape index (κ3) is 1.60. The van der Waals surface area contributed by atoms with Crippen LogP contribution in [0.15, 0.2) is 53.0 Å². The van der Waals surface area contributed by atoms with Crippen molar-refractivity contribution in [1.82, 2.24) is 0 Å². The van der Waals surface area contributed by atoms with Crippen LogP contribution in [-0.2, 0) is 0 Å². The van der Waals surface area contributed by atoms with E-state index in [1.165, 1.54) is 0 Å². The van der Waals surface area contributed by atoms with Crippen LogP contribution >= 0.6 is 0 Å². The van der Waals surface area contributed by atoms with Crippen molar-refractivity contribution < 1.29 is 13.2 Å². The molecule has 0 aliphatic rings. The lowest BCUT2D eigenvalue weighted by Crippen LogP contribution is -1.73. The van der Waals surface area contributed by atoms with E-state index in [1.807, 2.05) is 30.3 Å². The van der Waals surface area contributed by atoms with Gasteiger partial charge in [-0.25, -0.2) is 0 Å². The summed E-state index contributed by atoms with van der Waals surface area (Å²) in [4.78, 5) is 0. The Hall–Kier alpha value is -2.16. The zero-order valence-electron chi connectivity index (χ0n) is 8.78. The molecule has 1 heterocycles. The van der Waals surface area contributed by atoms with Gasteiger partial charge in [0.2, 0.25) is 0 Å². The van der Waals surface area contributed by atoms with Crippen molar-refractivity contribution in [2.45, 2.75) is 0 Å². The van der Waals surface area contributed by atoms with Gasteiger partial charge >= 0.3 is 0 Å². The Morgan fingerprint density at radius 2 is 1.71 bits per heavy atom. The van der Waals surface area contributed by atoms with Gasteiger partial charge < -0.3 is 4.42 Å². The molecule has 0 bridgehead atoms. The molecule has 0 N–H and O–H groups in total. The molecule has 2 aromatic carbocycles. The molecule has 0 aliphatic heterocycles. The maximum atomic E-state index is 12.3. The van der Waals surface area contributed by atoms with Crippen molar-refractivity contribution in [2.24, 2.45) is 0 Å². The van der Waals surface area contributed by atoms with Crippen molar-refractivity contribution in [2.75, 3.05) is 0 Å². The number of halogens is 2. The van der Waals surface area contributed by atoms with Gasteiger partial charge in [-0.15, -0.1) is 0 Å². The summed E-state index contributed by atoms with van der Waals surface area (Å²) in [6, 6.07) is 12.7. The van der Waals surface area contributed by atoms with Crippen molar-refractivity contribution in [1.29, 1.82) is 0 Å². The monoisotopic (exact) mass is 230 g/mol. The SMILES string of the molecule is FC(F)=Cc1cccc2c1oc1ccccc12. The highest BCUT2D eigenvalue weighted by atomic mass is 19.3. The number of hydrogen-bond donors (Lipinski definition) is 0. The average Bonchev–Trinajstić information content (AvgIpc) is 2.68. The highest BCUT2D eigenvalue weighted by molar-refractivity contribution is 6.07. The Morgan fingerprint density at radius 3 is 2.53 bits per heavy atom. The van der Waals surface area contributed by atoms with Crippen LogP contribution in [-0.4, -0.2) is 0 Å². The van der Waals surface area contributed by atoms with Gasteiger partial charge in [-0.3, -0.25) is 0 Å². The molecule has 3 rings (SSSR count). The van der Waals surface area contributed by atoms with E-state index in [1.54, 1.807) is 12.1 Å². The third-order valence-corrected chi connectivity index (χ3v) is 2.70. The molecule has 0 radical (unpaired) electrons. The fourth-order valence-corrected chi connectivity index (χ4v) is 2.00. The Morgan fingerprint density at radius 1 is 0.941 bits per heavy atom. The fraction of sp³-hybridized carbons (Fsp3) is 0. The summed E-state index contributed by atoms with van der Waals surface area (Å²) >= 11 is 0. The largest absolute Gasteiger partial charge is 0.455 e. The first-order chi connectivity index (χ1) is 8.25. The second-order valence-corrected chi connectivity index (χ2v) is 3.76. The van der Waals surface area contributed by atoms with Crippen molar-refractivity contribution in [3.05, 3.63) is 54.1 Å². The number of para-hydroxylation sites is 2. The van der Waals surface area contributed by atoms with Crippen LogP contribution < -0.4 is 0 Å². The van der Waals surface area contributed by atoms with E-state index in [0.29, 0.717) is 16.7 Å². The number of benzene rings is 2. The van der Waals surface area contributed by atoms with Gasteiger partial charge in [0, 0.05) is 22.4 Å². The molecular formula is C14H8F2O. The molecular weight excluding hydrogens is 222 g/mol. The van der Waals surface area contributed by atoms with Crippen LogP contribution in [0.2, 0.25) is 0 Å². The van der Waals surface area contributed by atoms with E-state index in [9.17, 15) is 8.78 Å². The van der Waals surface area contributed by atoms with E-state index in [-0.39, 0.29) is 0 Å². The number of hydrogen-bond acceptors (Lipinski definition) is 1. The molecule has 0 spiro atoms. The van der Waals surface area contributed by atoms with Gasteiger partial charge in [-0.05, 0) is 6.07 Å². The van der Waals surface area contributed by atoms with Crippen LogP contribution in [0.4, 0.5) is 8.78 Å². The normalized spacial score (nSPS) is 10.9. The highest BCUT2D eigenvalue weighted by Gasteiger charge is 2.09. The molecule has 3 heteroatoms. The molecule has 84 valence electrons. The van der Waals surface area contributed by atoms with Gasteiger partial charge in [-0.2, -0.15) is 8.78 Å². The molecule has 1 aromatic heterocycles. The first kappa shape index (κ1) is 10.0. The molecule has 0 unspecified atom stereocenters. The predicted molar refractivity (Wildman–Crippen MR) is 63.9 cm³/mol. The van der Waals surface area contributed by atoms with Crippen molar-refractivity contribution in [3.8, 4) is 0 Å².